The maximum atomic E-state index is 13.0. The van der Waals surface area contributed by atoms with Crippen molar-refractivity contribution in [3.05, 3.63) is 59.7 Å². The molecule has 1 amide bonds. The van der Waals surface area contributed by atoms with Crippen molar-refractivity contribution >= 4 is 16.1 Å². The predicted octanol–water partition coefficient (Wildman–Crippen LogP) is 6.45. The van der Waals surface area contributed by atoms with Crippen LogP contribution in [-0.2, 0) is 6.18 Å². The van der Waals surface area contributed by atoms with Crippen LogP contribution in [0.3, 0.4) is 0 Å². The lowest BCUT2D eigenvalue weighted by Crippen LogP contribution is -2.49. The molecule has 1 N–H and O–H groups in total. The van der Waals surface area contributed by atoms with Crippen LogP contribution in [-0.4, -0.2) is 18.1 Å². The number of ether oxygens (including phenoxy) is 1. The molecule has 0 aliphatic heterocycles. The van der Waals surface area contributed by atoms with Crippen molar-refractivity contribution in [1.82, 2.24) is 5.32 Å². The van der Waals surface area contributed by atoms with Gasteiger partial charge < -0.3 is 10.1 Å². The van der Waals surface area contributed by atoms with E-state index < -0.39 is 56.2 Å². The molecule has 1 unspecified atom stereocenters. The molecule has 0 aliphatic carbocycles. The SMILES string of the molecule is CC(C#N)(COc1ccccc1C(F)(F)F)NC(=O)c1ccc(S(F)(F)(F)(F)F)cc1. The van der Waals surface area contributed by atoms with Crippen molar-refractivity contribution in [2.45, 2.75) is 23.5 Å². The van der Waals surface area contributed by atoms with Crippen LogP contribution >= 0.6 is 10.2 Å². The summed E-state index contributed by atoms with van der Waals surface area (Å²) < 4.78 is 108. The van der Waals surface area contributed by atoms with Crippen molar-refractivity contribution in [2.75, 3.05) is 6.61 Å². The van der Waals surface area contributed by atoms with Gasteiger partial charge in [0.05, 0.1) is 11.6 Å². The number of benzene rings is 2. The van der Waals surface area contributed by atoms with E-state index in [-0.39, 0.29) is 12.1 Å². The van der Waals surface area contributed by atoms with Crippen LogP contribution in [0, 0.1) is 11.3 Å². The molecule has 170 valence electrons. The highest BCUT2D eigenvalue weighted by Crippen LogP contribution is 3.02. The summed E-state index contributed by atoms with van der Waals surface area (Å²) in [5.41, 5.74) is -3.50. The Bertz CT molecular complexity index is 1030. The van der Waals surface area contributed by atoms with Gasteiger partial charge in [-0.15, -0.1) is 0 Å². The Labute approximate surface area is 171 Å². The first-order valence-corrected chi connectivity index (χ1v) is 10.2. The van der Waals surface area contributed by atoms with Crippen LogP contribution in [0.15, 0.2) is 53.4 Å². The van der Waals surface area contributed by atoms with Crippen molar-refractivity contribution in [2.24, 2.45) is 0 Å². The molecule has 0 saturated carbocycles. The van der Waals surface area contributed by atoms with Crippen LogP contribution < -0.4 is 10.1 Å². The highest BCUT2D eigenvalue weighted by Gasteiger charge is 2.65. The van der Waals surface area contributed by atoms with E-state index in [1.54, 1.807) is 6.07 Å². The first-order chi connectivity index (χ1) is 13.8. The molecule has 0 bridgehead atoms. The number of nitriles is 1. The van der Waals surface area contributed by atoms with Gasteiger partial charge in [0.15, 0.2) is 5.54 Å². The summed E-state index contributed by atoms with van der Waals surface area (Å²) in [6, 6.07) is 6.77. The Balaban J connectivity index is 2.18. The fraction of sp³-hybridized carbons (Fsp3) is 0.222. The van der Waals surface area contributed by atoms with Gasteiger partial charge in [0.25, 0.3) is 5.91 Å². The second-order valence-electron chi connectivity index (χ2n) is 6.67. The monoisotopic (exact) mass is 474 g/mol. The quantitative estimate of drug-likeness (QED) is 0.490. The average molecular weight is 474 g/mol. The van der Waals surface area contributed by atoms with Gasteiger partial charge >= 0.3 is 16.4 Å². The minimum Gasteiger partial charge on any atom is -0.489 e. The van der Waals surface area contributed by atoms with Crippen LogP contribution in [0.2, 0.25) is 0 Å². The number of carbonyl (C=O) groups is 1. The maximum absolute atomic E-state index is 13.0. The molecule has 0 aliphatic rings. The summed E-state index contributed by atoms with van der Waals surface area (Å²) in [5.74, 6) is -1.73. The Morgan fingerprint density at radius 1 is 1.03 bits per heavy atom. The van der Waals surface area contributed by atoms with Crippen LogP contribution in [0.5, 0.6) is 5.75 Å². The van der Waals surface area contributed by atoms with Crippen LogP contribution in [0.25, 0.3) is 0 Å². The molecule has 0 spiro atoms. The topological polar surface area (TPSA) is 62.1 Å². The highest BCUT2D eigenvalue weighted by atomic mass is 32.5. The molecule has 1 atom stereocenters. The van der Waals surface area contributed by atoms with Crippen molar-refractivity contribution in [3.8, 4) is 11.8 Å². The largest absolute Gasteiger partial charge is 0.489 e. The van der Waals surface area contributed by atoms with E-state index in [0.717, 1.165) is 25.1 Å². The average Bonchev–Trinajstić information content (AvgIpc) is 2.64. The zero-order chi connectivity index (χ0) is 23.8. The predicted molar refractivity (Wildman–Crippen MR) is 96.3 cm³/mol. The third-order valence-electron chi connectivity index (χ3n) is 3.91. The van der Waals surface area contributed by atoms with Gasteiger partial charge in [-0.2, -0.15) is 18.4 Å². The first-order valence-electron chi connectivity index (χ1n) is 8.22. The number of hydrogen-bond donors (Lipinski definition) is 1. The molecule has 2 aromatic rings. The second-order valence-corrected chi connectivity index (χ2v) is 9.08. The number of rotatable bonds is 6. The summed E-state index contributed by atoms with van der Waals surface area (Å²) >= 11 is 0. The fourth-order valence-corrected chi connectivity index (χ4v) is 2.98. The minimum atomic E-state index is -9.92. The number of hydrogen-bond acceptors (Lipinski definition) is 3. The standard InChI is InChI=1S/C18H14F8N2O2S/c1-17(10-27,11-30-15-5-3-2-4-14(15)18(19,20)21)28-16(29)12-6-8-13(9-7-12)31(22,23,24,25)26/h2-9H,11H2,1H3,(H,28,29). The van der Waals surface area contributed by atoms with E-state index in [1.807, 2.05) is 0 Å². The highest BCUT2D eigenvalue weighted by molar-refractivity contribution is 8.45. The zero-order valence-electron chi connectivity index (χ0n) is 15.5. The summed E-state index contributed by atoms with van der Waals surface area (Å²) in [6.45, 7) is 0.357. The van der Waals surface area contributed by atoms with Crippen molar-refractivity contribution in [3.63, 3.8) is 0 Å². The smallest absolute Gasteiger partial charge is 0.419 e. The molecule has 0 fully saturated rings. The van der Waals surface area contributed by atoms with E-state index in [0.29, 0.717) is 12.1 Å². The number of nitrogens with one attached hydrogen (secondary N) is 1. The second kappa shape index (κ2) is 7.01. The molecule has 0 radical (unpaired) electrons. The zero-order valence-corrected chi connectivity index (χ0v) is 16.3. The van der Waals surface area contributed by atoms with E-state index >= 15 is 0 Å². The molecule has 31 heavy (non-hydrogen) atoms. The van der Waals surface area contributed by atoms with E-state index in [9.17, 15) is 42.7 Å². The molecule has 2 aromatic carbocycles. The summed E-state index contributed by atoms with van der Waals surface area (Å²) in [6.07, 6.45) is -4.74. The lowest BCUT2D eigenvalue weighted by molar-refractivity contribution is -0.139. The summed E-state index contributed by atoms with van der Waals surface area (Å²) in [5, 5.41) is 11.4. The Morgan fingerprint density at radius 3 is 2.06 bits per heavy atom. The van der Waals surface area contributed by atoms with Gasteiger partial charge in [0, 0.05) is 5.56 Å². The molecular weight excluding hydrogens is 460 g/mol. The molecule has 0 saturated heterocycles. The Kier molecular flexibility index (Phi) is 5.49. The van der Waals surface area contributed by atoms with E-state index in [1.165, 1.54) is 6.07 Å². The number of halogens is 8. The van der Waals surface area contributed by atoms with Gasteiger partial charge in [0.2, 0.25) is 0 Å². The van der Waals surface area contributed by atoms with Gasteiger partial charge in [-0.1, -0.05) is 31.6 Å². The molecule has 13 heteroatoms. The van der Waals surface area contributed by atoms with Crippen molar-refractivity contribution in [1.29, 1.82) is 5.26 Å². The van der Waals surface area contributed by atoms with Gasteiger partial charge in [-0.25, -0.2) is 0 Å². The van der Waals surface area contributed by atoms with Crippen LogP contribution in [0.1, 0.15) is 22.8 Å². The summed E-state index contributed by atoms with van der Waals surface area (Å²) in [4.78, 5) is 10.0. The molecule has 0 heterocycles. The first kappa shape index (κ1) is 24.3. The van der Waals surface area contributed by atoms with E-state index in [4.69, 9.17) is 4.74 Å². The number of para-hydroxylation sites is 1. The lowest BCUT2D eigenvalue weighted by atomic mass is 10.0. The van der Waals surface area contributed by atoms with E-state index in [2.05, 4.69) is 5.32 Å². The number of alkyl halides is 3. The van der Waals surface area contributed by atoms with Gasteiger partial charge in [-0.05, 0) is 43.3 Å². The molecule has 0 aromatic heterocycles. The normalized spacial score (nSPS) is 16.3. The number of nitrogens with zero attached hydrogens (tertiary/aromatic N) is 1. The molecular formula is C18H14F8N2O2S. The molecule has 4 nitrogen and oxygen atoms in total. The Hall–Kier alpha value is -3.01. The number of carbonyl (C=O) groups excluding carboxylic acids is 1. The lowest BCUT2D eigenvalue weighted by Gasteiger charge is -2.40. The summed E-state index contributed by atoms with van der Waals surface area (Å²) in [7, 11) is -9.92. The fourth-order valence-electron chi connectivity index (χ4n) is 2.33. The maximum Gasteiger partial charge on any atom is 0.419 e. The Morgan fingerprint density at radius 2 is 1.58 bits per heavy atom. The van der Waals surface area contributed by atoms with Gasteiger partial charge in [0.1, 0.15) is 17.3 Å². The van der Waals surface area contributed by atoms with Gasteiger partial charge in [-0.3, -0.25) is 4.79 Å². The third kappa shape index (κ3) is 6.24. The number of amides is 1. The third-order valence-corrected chi connectivity index (χ3v) is 5.07. The van der Waals surface area contributed by atoms with Crippen LogP contribution in [0.4, 0.5) is 32.6 Å². The molecule has 2 rings (SSSR count). The minimum absolute atomic E-state index is 0.0241. The van der Waals surface area contributed by atoms with Crippen molar-refractivity contribution < 1.29 is 42.1 Å².